The third-order valence-corrected chi connectivity index (χ3v) is 3.51. The highest BCUT2D eigenvalue weighted by Crippen LogP contribution is 2.26. The largest absolute Gasteiger partial charge is 0.481 e. The molecule has 0 saturated heterocycles. The molecule has 0 amide bonds. The van der Waals surface area contributed by atoms with Gasteiger partial charge >= 0.3 is 5.97 Å². The van der Waals surface area contributed by atoms with Crippen LogP contribution in [0.1, 0.15) is 26.5 Å². The van der Waals surface area contributed by atoms with Crippen molar-refractivity contribution in [3.8, 4) is 10.7 Å². The summed E-state index contributed by atoms with van der Waals surface area (Å²) < 4.78 is 5.38. The smallest absolute Gasteiger partial charge is 0.310 e. The Labute approximate surface area is 113 Å². The van der Waals surface area contributed by atoms with Crippen molar-refractivity contribution in [1.82, 2.24) is 29.8 Å². The quantitative estimate of drug-likeness (QED) is 0.866. The summed E-state index contributed by atoms with van der Waals surface area (Å²) in [4.78, 5) is 12.0. The second-order valence-corrected chi connectivity index (χ2v) is 5.51. The van der Waals surface area contributed by atoms with Crippen LogP contribution in [0.3, 0.4) is 0 Å². The van der Waals surface area contributed by atoms with Crippen molar-refractivity contribution in [2.45, 2.75) is 33.7 Å². The fourth-order valence-electron chi connectivity index (χ4n) is 1.53. The van der Waals surface area contributed by atoms with Crippen molar-refractivity contribution in [1.29, 1.82) is 0 Å². The number of carboxylic acid groups (broad SMARTS) is 1. The third-order valence-electron chi connectivity index (χ3n) is 2.75. The molecule has 0 radical (unpaired) electrons. The zero-order chi connectivity index (χ0) is 14.0. The van der Waals surface area contributed by atoms with Gasteiger partial charge in [0, 0.05) is 0 Å². The van der Waals surface area contributed by atoms with Gasteiger partial charge in [0.25, 0.3) is 0 Å². The summed E-state index contributed by atoms with van der Waals surface area (Å²) >= 11 is 1.21. The van der Waals surface area contributed by atoms with Gasteiger partial charge in [-0.3, -0.25) is 4.79 Å². The summed E-state index contributed by atoms with van der Waals surface area (Å²) in [6, 6.07) is 0. The molecule has 0 aliphatic heterocycles. The van der Waals surface area contributed by atoms with Crippen molar-refractivity contribution < 1.29 is 9.90 Å². The number of carboxylic acids is 1. The van der Waals surface area contributed by atoms with Gasteiger partial charge in [-0.05, 0) is 42.2 Å². The van der Waals surface area contributed by atoms with Crippen LogP contribution in [0.2, 0.25) is 0 Å². The van der Waals surface area contributed by atoms with E-state index in [4.69, 9.17) is 5.11 Å². The van der Waals surface area contributed by atoms with Crippen LogP contribution < -0.4 is 0 Å². The molecule has 102 valence electrons. The van der Waals surface area contributed by atoms with E-state index in [-0.39, 0.29) is 6.54 Å². The monoisotopic (exact) mass is 282 g/mol. The Morgan fingerprint density at radius 3 is 2.79 bits per heavy atom. The normalized spacial score (nSPS) is 11.7. The number of tetrazole rings is 1. The van der Waals surface area contributed by atoms with E-state index in [2.05, 4.69) is 25.1 Å². The highest BCUT2D eigenvalue weighted by Gasteiger charge is 2.30. The molecule has 0 fully saturated rings. The molecular weight excluding hydrogens is 268 g/mol. The first-order chi connectivity index (χ1) is 8.95. The molecule has 0 bridgehead atoms. The molecule has 9 heteroatoms. The van der Waals surface area contributed by atoms with Crippen molar-refractivity contribution in [3.63, 3.8) is 0 Å². The lowest BCUT2D eigenvalue weighted by molar-refractivity contribution is -0.147. The number of hydrogen-bond acceptors (Lipinski definition) is 7. The Balaban J connectivity index is 2.36. The Kier molecular flexibility index (Phi) is 3.56. The number of nitrogens with zero attached hydrogens (tertiary/aromatic N) is 6. The SMILES string of the molecule is CCc1nnsc1-c1nnnn1CC(C)(C)C(=O)O. The molecule has 2 aromatic heterocycles. The molecule has 2 heterocycles. The molecule has 0 unspecified atom stereocenters. The number of rotatable bonds is 5. The van der Waals surface area contributed by atoms with Crippen LogP contribution in [0.4, 0.5) is 0 Å². The maximum Gasteiger partial charge on any atom is 0.310 e. The summed E-state index contributed by atoms with van der Waals surface area (Å²) in [5.74, 6) is -0.381. The predicted octanol–water partition coefficient (Wildman–Crippen LogP) is 0.865. The summed E-state index contributed by atoms with van der Waals surface area (Å²) in [5, 5.41) is 24.6. The molecule has 0 atom stereocenters. The minimum absolute atomic E-state index is 0.186. The number of aromatic nitrogens is 6. The number of aryl methyl sites for hydroxylation is 1. The zero-order valence-electron chi connectivity index (χ0n) is 10.9. The first-order valence-electron chi connectivity index (χ1n) is 5.77. The van der Waals surface area contributed by atoms with Gasteiger partial charge in [-0.15, -0.1) is 10.2 Å². The highest BCUT2D eigenvalue weighted by molar-refractivity contribution is 7.09. The first kappa shape index (κ1) is 13.5. The van der Waals surface area contributed by atoms with Gasteiger partial charge in [0.2, 0.25) is 0 Å². The molecule has 19 heavy (non-hydrogen) atoms. The highest BCUT2D eigenvalue weighted by atomic mass is 32.1. The molecule has 0 spiro atoms. The minimum Gasteiger partial charge on any atom is -0.481 e. The van der Waals surface area contributed by atoms with Crippen LogP contribution in [-0.2, 0) is 17.8 Å². The summed E-state index contributed by atoms with van der Waals surface area (Å²) in [6.45, 7) is 5.42. The minimum atomic E-state index is -0.950. The van der Waals surface area contributed by atoms with Gasteiger partial charge < -0.3 is 5.11 Å². The third kappa shape index (κ3) is 2.60. The maximum atomic E-state index is 11.2. The van der Waals surface area contributed by atoms with Gasteiger partial charge in [0.15, 0.2) is 5.82 Å². The number of hydrogen-bond donors (Lipinski definition) is 1. The lowest BCUT2D eigenvalue weighted by atomic mass is 9.94. The molecule has 1 N–H and O–H groups in total. The van der Waals surface area contributed by atoms with Crippen molar-refractivity contribution >= 4 is 17.5 Å². The van der Waals surface area contributed by atoms with Crippen LogP contribution in [0.5, 0.6) is 0 Å². The lowest BCUT2D eigenvalue weighted by Gasteiger charge is -2.18. The zero-order valence-corrected chi connectivity index (χ0v) is 11.7. The maximum absolute atomic E-state index is 11.2. The van der Waals surface area contributed by atoms with Crippen LogP contribution in [0.25, 0.3) is 10.7 Å². The van der Waals surface area contributed by atoms with E-state index in [1.165, 1.54) is 16.2 Å². The van der Waals surface area contributed by atoms with Gasteiger partial charge in [-0.2, -0.15) is 0 Å². The molecule has 8 nitrogen and oxygen atoms in total. The molecule has 2 aromatic rings. The molecular formula is C10H14N6O2S. The summed E-state index contributed by atoms with van der Waals surface area (Å²) in [6.07, 6.45) is 0.723. The molecule has 0 aliphatic carbocycles. The van der Waals surface area contributed by atoms with E-state index >= 15 is 0 Å². The fraction of sp³-hybridized carbons (Fsp3) is 0.600. The number of aliphatic carboxylic acids is 1. The van der Waals surface area contributed by atoms with Crippen LogP contribution in [0, 0.1) is 5.41 Å². The lowest BCUT2D eigenvalue weighted by Crippen LogP contribution is -2.30. The van der Waals surface area contributed by atoms with Gasteiger partial charge in [-0.1, -0.05) is 11.4 Å². The molecule has 0 aromatic carbocycles. The average Bonchev–Trinajstić information content (AvgIpc) is 2.95. The predicted molar refractivity (Wildman–Crippen MR) is 67.5 cm³/mol. The van der Waals surface area contributed by atoms with Crippen LogP contribution >= 0.6 is 11.5 Å². The van der Waals surface area contributed by atoms with Crippen LogP contribution in [0.15, 0.2) is 0 Å². The Hall–Kier alpha value is -1.90. The van der Waals surface area contributed by atoms with Crippen LogP contribution in [-0.4, -0.2) is 40.9 Å². The van der Waals surface area contributed by atoms with E-state index < -0.39 is 11.4 Å². The van der Waals surface area contributed by atoms with Crippen molar-refractivity contribution in [3.05, 3.63) is 5.69 Å². The van der Waals surface area contributed by atoms with E-state index in [9.17, 15) is 4.79 Å². The second kappa shape index (κ2) is 5.00. The molecule has 0 aliphatic rings. The Morgan fingerprint density at radius 1 is 1.42 bits per heavy atom. The van der Waals surface area contributed by atoms with Crippen molar-refractivity contribution in [2.75, 3.05) is 0 Å². The fourth-order valence-corrected chi connectivity index (χ4v) is 2.26. The summed E-state index contributed by atoms with van der Waals surface area (Å²) in [5.41, 5.74) is -0.136. The number of carbonyl (C=O) groups is 1. The molecule has 0 saturated carbocycles. The van der Waals surface area contributed by atoms with Gasteiger partial charge in [0.05, 0.1) is 17.7 Å². The van der Waals surface area contributed by atoms with Gasteiger partial charge in [0.1, 0.15) is 4.88 Å². The van der Waals surface area contributed by atoms with E-state index in [1.807, 2.05) is 6.92 Å². The summed E-state index contributed by atoms with van der Waals surface area (Å²) in [7, 11) is 0. The van der Waals surface area contributed by atoms with Gasteiger partial charge in [-0.25, -0.2) is 4.68 Å². The van der Waals surface area contributed by atoms with E-state index in [1.54, 1.807) is 13.8 Å². The van der Waals surface area contributed by atoms with Crippen molar-refractivity contribution in [2.24, 2.45) is 5.41 Å². The Bertz CT molecular complexity index is 590. The molecule has 2 rings (SSSR count). The average molecular weight is 282 g/mol. The first-order valence-corrected chi connectivity index (χ1v) is 6.54. The van der Waals surface area contributed by atoms with E-state index in [0.717, 1.165) is 17.0 Å². The Morgan fingerprint density at radius 2 is 2.16 bits per heavy atom. The van der Waals surface area contributed by atoms with E-state index in [0.29, 0.717) is 5.82 Å². The standard InChI is InChI=1S/C10H14N6O2S/c1-4-6-7(19-15-11-6)8-12-13-14-16(8)5-10(2,3)9(17)18/h4-5H2,1-3H3,(H,17,18). The topological polar surface area (TPSA) is 107 Å². The second-order valence-electron chi connectivity index (χ2n) is 4.75.